The van der Waals surface area contributed by atoms with Gasteiger partial charge in [-0.25, -0.2) is 0 Å². The summed E-state index contributed by atoms with van der Waals surface area (Å²) in [7, 11) is 0. The van der Waals surface area contributed by atoms with Crippen LogP contribution >= 0.6 is 15.9 Å². The van der Waals surface area contributed by atoms with E-state index in [1.54, 1.807) is 0 Å². The minimum absolute atomic E-state index is 0.104. The molecule has 1 aromatic rings. The molecule has 62 valence electrons. The lowest BCUT2D eigenvalue weighted by molar-refractivity contribution is 0.807. The topological polar surface area (TPSA) is 48.8 Å². The van der Waals surface area contributed by atoms with Crippen LogP contribution in [0.2, 0.25) is 0 Å². The van der Waals surface area contributed by atoms with Gasteiger partial charge in [-0.3, -0.25) is 0 Å². The van der Waals surface area contributed by atoms with Gasteiger partial charge in [0.2, 0.25) is 0 Å². The average molecular weight is 226 g/mol. The van der Waals surface area contributed by atoms with Crippen molar-refractivity contribution in [3.05, 3.63) is 44.7 Å². The normalized spacial score (nSPS) is 11.8. The maximum Gasteiger partial charge on any atom is 0.0597 e. The first-order valence-electron chi connectivity index (χ1n) is 3.53. The molecule has 0 saturated carbocycles. The van der Waals surface area contributed by atoms with Crippen LogP contribution in [0.25, 0.3) is 10.4 Å². The van der Waals surface area contributed by atoms with Gasteiger partial charge in [0.1, 0.15) is 0 Å². The van der Waals surface area contributed by atoms with E-state index in [2.05, 4.69) is 26.0 Å². The molecule has 0 aliphatic rings. The van der Waals surface area contributed by atoms with Crippen molar-refractivity contribution in [2.45, 2.75) is 13.0 Å². The van der Waals surface area contributed by atoms with Crippen molar-refractivity contribution in [3.8, 4) is 0 Å². The Morgan fingerprint density at radius 3 is 2.92 bits per heavy atom. The fourth-order valence-electron chi connectivity index (χ4n) is 0.911. The van der Waals surface area contributed by atoms with E-state index in [0.29, 0.717) is 0 Å². The minimum Gasteiger partial charge on any atom is -0.0862 e. The number of benzene rings is 1. The van der Waals surface area contributed by atoms with Crippen LogP contribution in [0.15, 0.2) is 33.9 Å². The molecule has 0 amide bonds. The lowest BCUT2D eigenvalue weighted by Gasteiger charge is -2.03. The first-order chi connectivity index (χ1) is 5.74. The average Bonchev–Trinajstić information content (AvgIpc) is 2.05. The van der Waals surface area contributed by atoms with Crippen LogP contribution in [0.5, 0.6) is 0 Å². The smallest absolute Gasteiger partial charge is 0.0597 e. The van der Waals surface area contributed by atoms with Crippen LogP contribution in [0.4, 0.5) is 0 Å². The molecule has 0 unspecified atom stereocenters. The quantitative estimate of drug-likeness (QED) is 0.418. The van der Waals surface area contributed by atoms with Crippen molar-refractivity contribution in [2.75, 3.05) is 0 Å². The molecule has 0 spiro atoms. The van der Waals surface area contributed by atoms with Crippen LogP contribution in [0, 0.1) is 0 Å². The zero-order valence-electron chi connectivity index (χ0n) is 6.61. The van der Waals surface area contributed by atoms with Crippen LogP contribution in [-0.2, 0) is 0 Å². The summed E-state index contributed by atoms with van der Waals surface area (Å²) in [4.78, 5) is 2.75. The van der Waals surface area contributed by atoms with E-state index in [4.69, 9.17) is 5.53 Å². The Bertz CT molecular complexity index is 318. The molecule has 0 saturated heterocycles. The number of azide groups is 1. The minimum atomic E-state index is -0.104. The fraction of sp³-hybridized carbons (Fsp3) is 0.250. The van der Waals surface area contributed by atoms with Gasteiger partial charge in [-0.05, 0) is 23.2 Å². The van der Waals surface area contributed by atoms with E-state index in [1.807, 2.05) is 31.2 Å². The molecule has 12 heavy (non-hydrogen) atoms. The van der Waals surface area contributed by atoms with E-state index in [0.717, 1.165) is 10.0 Å². The molecular weight excluding hydrogens is 218 g/mol. The van der Waals surface area contributed by atoms with Crippen LogP contribution < -0.4 is 0 Å². The molecule has 1 atom stereocenters. The summed E-state index contributed by atoms with van der Waals surface area (Å²) in [5.74, 6) is 0. The third kappa shape index (κ3) is 2.26. The summed E-state index contributed by atoms with van der Waals surface area (Å²) in [5, 5.41) is 3.60. The van der Waals surface area contributed by atoms with E-state index in [1.165, 1.54) is 0 Å². The zero-order valence-corrected chi connectivity index (χ0v) is 8.19. The lowest BCUT2D eigenvalue weighted by atomic mass is 10.1. The number of halogens is 1. The second-order valence-electron chi connectivity index (χ2n) is 2.44. The van der Waals surface area contributed by atoms with Crippen molar-refractivity contribution >= 4 is 15.9 Å². The second-order valence-corrected chi connectivity index (χ2v) is 3.35. The van der Waals surface area contributed by atoms with Crippen molar-refractivity contribution in [1.29, 1.82) is 0 Å². The van der Waals surface area contributed by atoms with Gasteiger partial charge in [0.25, 0.3) is 0 Å². The summed E-state index contributed by atoms with van der Waals surface area (Å²) in [6.45, 7) is 1.86. The Morgan fingerprint density at radius 2 is 2.33 bits per heavy atom. The van der Waals surface area contributed by atoms with Crippen molar-refractivity contribution in [2.24, 2.45) is 5.11 Å². The SMILES string of the molecule is C[C@@H](N=[N+]=[N-])c1cccc(Br)c1. The Morgan fingerprint density at radius 1 is 1.58 bits per heavy atom. The monoisotopic (exact) mass is 225 g/mol. The Labute approximate surface area is 79.2 Å². The predicted molar refractivity (Wildman–Crippen MR) is 51.7 cm³/mol. The molecule has 3 nitrogen and oxygen atoms in total. The lowest BCUT2D eigenvalue weighted by Crippen LogP contribution is -1.86. The highest BCUT2D eigenvalue weighted by atomic mass is 79.9. The highest BCUT2D eigenvalue weighted by Crippen LogP contribution is 2.20. The largest absolute Gasteiger partial charge is 0.0862 e. The van der Waals surface area contributed by atoms with E-state index in [-0.39, 0.29) is 6.04 Å². The first-order valence-corrected chi connectivity index (χ1v) is 4.33. The fourth-order valence-corrected chi connectivity index (χ4v) is 1.33. The van der Waals surface area contributed by atoms with E-state index >= 15 is 0 Å². The number of hydrogen-bond acceptors (Lipinski definition) is 1. The first kappa shape index (κ1) is 9.10. The molecule has 1 aromatic carbocycles. The zero-order chi connectivity index (χ0) is 8.97. The van der Waals surface area contributed by atoms with Gasteiger partial charge >= 0.3 is 0 Å². The Balaban J connectivity index is 2.94. The van der Waals surface area contributed by atoms with Gasteiger partial charge in [-0.2, -0.15) is 0 Å². The molecule has 4 heteroatoms. The van der Waals surface area contributed by atoms with E-state index < -0.39 is 0 Å². The maximum atomic E-state index is 8.21. The third-order valence-corrected chi connectivity index (χ3v) is 2.05. The number of hydrogen-bond donors (Lipinski definition) is 0. The summed E-state index contributed by atoms with van der Waals surface area (Å²) in [5.41, 5.74) is 9.23. The molecule has 1 rings (SSSR count). The highest BCUT2D eigenvalue weighted by molar-refractivity contribution is 9.10. The number of nitrogens with zero attached hydrogens (tertiary/aromatic N) is 3. The molecule has 0 aliphatic heterocycles. The molecular formula is C8H8BrN3. The maximum absolute atomic E-state index is 8.21. The molecule has 0 heterocycles. The van der Waals surface area contributed by atoms with Crippen LogP contribution in [0.3, 0.4) is 0 Å². The molecule has 0 aliphatic carbocycles. The molecule has 0 radical (unpaired) electrons. The molecule has 0 N–H and O–H groups in total. The summed E-state index contributed by atoms with van der Waals surface area (Å²) >= 11 is 3.35. The summed E-state index contributed by atoms with van der Waals surface area (Å²) in [6, 6.07) is 7.63. The second kappa shape index (κ2) is 4.14. The van der Waals surface area contributed by atoms with Crippen molar-refractivity contribution in [3.63, 3.8) is 0 Å². The van der Waals surface area contributed by atoms with Gasteiger partial charge < -0.3 is 0 Å². The molecule has 0 aromatic heterocycles. The van der Waals surface area contributed by atoms with Gasteiger partial charge in [0.05, 0.1) is 6.04 Å². The van der Waals surface area contributed by atoms with Crippen LogP contribution in [-0.4, -0.2) is 0 Å². The standard InChI is InChI=1S/C8H8BrN3/c1-6(11-12-10)7-3-2-4-8(9)5-7/h2-6H,1H3/t6-/m1/s1. The third-order valence-electron chi connectivity index (χ3n) is 1.56. The summed E-state index contributed by atoms with van der Waals surface area (Å²) in [6.07, 6.45) is 0. The van der Waals surface area contributed by atoms with Gasteiger partial charge in [-0.15, -0.1) is 0 Å². The predicted octanol–water partition coefficient (Wildman–Crippen LogP) is 3.82. The number of rotatable bonds is 2. The summed E-state index contributed by atoms with van der Waals surface area (Å²) < 4.78 is 1.000. The highest BCUT2D eigenvalue weighted by Gasteiger charge is 2.01. The van der Waals surface area contributed by atoms with E-state index in [9.17, 15) is 0 Å². The van der Waals surface area contributed by atoms with Crippen molar-refractivity contribution in [1.82, 2.24) is 0 Å². The molecule has 0 bridgehead atoms. The van der Waals surface area contributed by atoms with Gasteiger partial charge in [0, 0.05) is 9.38 Å². The Hall–Kier alpha value is -0.990. The van der Waals surface area contributed by atoms with Gasteiger partial charge in [-0.1, -0.05) is 40.1 Å². The van der Waals surface area contributed by atoms with Gasteiger partial charge in [0.15, 0.2) is 0 Å². The molecule has 0 fully saturated rings. The Kier molecular flexibility index (Phi) is 3.14. The van der Waals surface area contributed by atoms with Crippen molar-refractivity contribution < 1.29 is 0 Å². The van der Waals surface area contributed by atoms with Crippen LogP contribution in [0.1, 0.15) is 18.5 Å².